The molecule has 0 N–H and O–H groups in total. The van der Waals surface area contributed by atoms with Crippen LogP contribution in [0.5, 0.6) is 0 Å². The van der Waals surface area contributed by atoms with E-state index in [1.165, 1.54) is 0 Å². The lowest BCUT2D eigenvalue weighted by molar-refractivity contribution is 0.0468. The van der Waals surface area contributed by atoms with Gasteiger partial charge in [-0.05, 0) is 24.1 Å². The van der Waals surface area contributed by atoms with Gasteiger partial charge in [0.05, 0.1) is 35.6 Å². The van der Waals surface area contributed by atoms with E-state index in [4.69, 9.17) is 4.74 Å². The van der Waals surface area contributed by atoms with Crippen LogP contribution in [0.3, 0.4) is 0 Å². The second-order valence-corrected chi connectivity index (χ2v) is 5.26. The summed E-state index contributed by atoms with van der Waals surface area (Å²) in [5.74, 6) is -0.790. The summed E-state index contributed by atoms with van der Waals surface area (Å²) < 4.78 is 7.10. The third kappa shape index (κ3) is 3.55. The summed E-state index contributed by atoms with van der Waals surface area (Å²) in [6.45, 7) is 0.0780. The average molecular weight is 305 g/mol. The number of benzene rings is 1. The van der Waals surface area contributed by atoms with Crippen LogP contribution >= 0.6 is 0 Å². The lowest BCUT2D eigenvalue weighted by Gasteiger charge is -2.10. The van der Waals surface area contributed by atoms with Crippen LogP contribution in [0.15, 0.2) is 61.2 Å². The summed E-state index contributed by atoms with van der Waals surface area (Å²) in [7, 11) is 0. The number of pyridine rings is 1. The molecule has 2 aromatic heterocycles. The molecular formula is C18H15N3O2. The zero-order valence-corrected chi connectivity index (χ0v) is 12.4. The van der Waals surface area contributed by atoms with Gasteiger partial charge in [-0.15, -0.1) is 0 Å². The first kappa shape index (κ1) is 14.8. The number of esters is 1. The van der Waals surface area contributed by atoms with Gasteiger partial charge in [-0.1, -0.05) is 30.3 Å². The van der Waals surface area contributed by atoms with Crippen molar-refractivity contribution in [3.05, 3.63) is 72.3 Å². The van der Waals surface area contributed by atoms with E-state index in [0.717, 1.165) is 11.1 Å². The molecule has 0 unspecified atom stereocenters. The molecule has 0 aliphatic heterocycles. The largest absolute Gasteiger partial charge is 0.461 e. The molecule has 5 nitrogen and oxygen atoms in total. The number of carbonyl (C=O) groups excluding carboxylic acids is 1. The topological polar surface area (TPSA) is 67.4 Å². The van der Waals surface area contributed by atoms with Gasteiger partial charge in [-0.2, -0.15) is 5.26 Å². The van der Waals surface area contributed by atoms with E-state index in [-0.39, 0.29) is 12.5 Å². The van der Waals surface area contributed by atoms with Crippen molar-refractivity contribution >= 4 is 11.5 Å². The standard InChI is InChI=1S/C18H15N3O2/c19-10-15(8-14-4-2-1-3-5-14)12-23-18(22)16-6-7-21-13-20-11-17(21)9-16/h1-7,9,11,13,15H,8,12H2/t15-/m0/s1. The number of nitrogens with zero attached hydrogens (tertiary/aromatic N) is 3. The third-order valence-corrected chi connectivity index (χ3v) is 3.57. The highest BCUT2D eigenvalue weighted by Crippen LogP contribution is 2.11. The molecule has 0 bridgehead atoms. The first-order valence-corrected chi connectivity index (χ1v) is 7.28. The van der Waals surface area contributed by atoms with Crippen LogP contribution in [0.4, 0.5) is 0 Å². The van der Waals surface area contributed by atoms with Crippen LogP contribution in [0, 0.1) is 17.2 Å². The Balaban J connectivity index is 1.62. The van der Waals surface area contributed by atoms with Crippen molar-refractivity contribution in [1.82, 2.24) is 9.38 Å². The Hall–Kier alpha value is -3.13. The van der Waals surface area contributed by atoms with Crippen molar-refractivity contribution < 1.29 is 9.53 Å². The predicted octanol–water partition coefficient (Wildman–Crippen LogP) is 2.87. The predicted molar refractivity (Wildman–Crippen MR) is 84.7 cm³/mol. The van der Waals surface area contributed by atoms with Gasteiger partial charge in [0, 0.05) is 6.20 Å². The molecule has 0 saturated carbocycles. The monoisotopic (exact) mass is 305 g/mol. The SMILES string of the molecule is N#C[C@@H](COC(=O)c1ccn2cncc2c1)Cc1ccccc1. The maximum Gasteiger partial charge on any atom is 0.338 e. The van der Waals surface area contributed by atoms with E-state index in [1.54, 1.807) is 30.9 Å². The molecule has 0 fully saturated rings. The minimum Gasteiger partial charge on any atom is -0.461 e. The molecule has 0 amide bonds. The summed E-state index contributed by atoms with van der Waals surface area (Å²) in [5.41, 5.74) is 2.32. The Bertz CT molecular complexity index is 849. The Morgan fingerprint density at radius 2 is 2.13 bits per heavy atom. The first-order valence-electron chi connectivity index (χ1n) is 7.28. The number of nitriles is 1. The van der Waals surface area contributed by atoms with E-state index in [1.807, 2.05) is 34.7 Å². The number of hydrogen-bond donors (Lipinski definition) is 0. The van der Waals surface area contributed by atoms with Crippen LogP contribution in [0.1, 0.15) is 15.9 Å². The molecule has 3 aromatic rings. The van der Waals surface area contributed by atoms with Crippen molar-refractivity contribution in [2.75, 3.05) is 6.61 Å². The molecule has 3 rings (SSSR count). The Morgan fingerprint density at radius 1 is 1.30 bits per heavy atom. The van der Waals surface area contributed by atoms with Gasteiger partial charge in [0.2, 0.25) is 0 Å². The second-order valence-electron chi connectivity index (χ2n) is 5.26. The molecule has 5 heteroatoms. The van der Waals surface area contributed by atoms with Crippen LogP contribution in [-0.4, -0.2) is 22.0 Å². The highest BCUT2D eigenvalue weighted by atomic mass is 16.5. The van der Waals surface area contributed by atoms with Gasteiger partial charge in [0.1, 0.15) is 6.61 Å². The van der Waals surface area contributed by atoms with Crippen LogP contribution < -0.4 is 0 Å². The molecule has 1 atom stereocenters. The molecule has 1 aromatic carbocycles. The van der Waals surface area contributed by atoms with Crippen molar-refractivity contribution in [3.8, 4) is 6.07 Å². The fourth-order valence-corrected chi connectivity index (χ4v) is 2.35. The number of aromatic nitrogens is 2. The number of rotatable bonds is 5. The lowest BCUT2D eigenvalue weighted by Crippen LogP contribution is -2.15. The van der Waals surface area contributed by atoms with E-state index in [0.29, 0.717) is 12.0 Å². The zero-order valence-electron chi connectivity index (χ0n) is 12.4. The molecule has 2 heterocycles. The normalized spacial score (nSPS) is 11.8. The van der Waals surface area contributed by atoms with E-state index in [2.05, 4.69) is 11.1 Å². The van der Waals surface area contributed by atoms with Gasteiger partial charge in [-0.3, -0.25) is 0 Å². The van der Waals surface area contributed by atoms with Crippen molar-refractivity contribution in [1.29, 1.82) is 5.26 Å². The van der Waals surface area contributed by atoms with Crippen molar-refractivity contribution in [2.45, 2.75) is 6.42 Å². The zero-order chi connectivity index (χ0) is 16.1. The number of carbonyl (C=O) groups is 1. The average Bonchev–Trinajstić information content (AvgIpc) is 3.06. The quantitative estimate of drug-likeness (QED) is 0.680. The summed E-state index contributed by atoms with van der Waals surface area (Å²) in [5, 5.41) is 9.23. The number of fused-ring (bicyclic) bond motifs is 1. The second kappa shape index (κ2) is 6.75. The van der Waals surface area contributed by atoms with Gasteiger partial charge in [0.15, 0.2) is 0 Å². The fraction of sp³-hybridized carbons (Fsp3) is 0.167. The Morgan fingerprint density at radius 3 is 2.91 bits per heavy atom. The third-order valence-electron chi connectivity index (χ3n) is 3.57. The summed E-state index contributed by atoms with van der Waals surface area (Å²) in [4.78, 5) is 16.1. The molecule has 114 valence electrons. The smallest absolute Gasteiger partial charge is 0.338 e. The molecule has 23 heavy (non-hydrogen) atoms. The van der Waals surface area contributed by atoms with Crippen LogP contribution in [0.25, 0.3) is 5.52 Å². The number of imidazole rings is 1. The maximum atomic E-state index is 12.1. The minimum atomic E-state index is -0.429. The fourth-order valence-electron chi connectivity index (χ4n) is 2.35. The molecular weight excluding hydrogens is 290 g/mol. The highest BCUT2D eigenvalue weighted by molar-refractivity contribution is 5.90. The summed E-state index contributed by atoms with van der Waals surface area (Å²) in [6.07, 6.45) is 5.65. The van der Waals surface area contributed by atoms with Crippen LogP contribution in [0.2, 0.25) is 0 Å². The minimum absolute atomic E-state index is 0.0780. The molecule has 0 aliphatic carbocycles. The first-order chi connectivity index (χ1) is 11.3. The van der Waals surface area contributed by atoms with E-state index >= 15 is 0 Å². The summed E-state index contributed by atoms with van der Waals surface area (Å²) >= 11 is 0. The van der Waals surface area contributed by atoms with Gasteiger partial charge >= 0.3 is 5.97 Å². The Labute approximate surface area is 133 Å². The molecule has 0 aliphatic rings. The molecule has 0 radical (unpaired) electrons. The molecule has 0 spiro atoms. The summed E-state index contributed by atoms with van der Waals surface area (Å²) in [6, 6.07) is 15.3. The van der Waals surface area contributed by atoms with Gasteiger partial charge in [-0.25, -0.2) is 9.78 Å². The van der Waals surface area contributed by atoms with E-state index < -0.39 is 5.97 Å². The Kier molecular flexibility index (Phi) is 4.34. The van der Waals surface area contributed by atoms with E-state index in [9.17, 15) is 10.1 Å². The van der Waals surface area contributed by atoms with Crippen molar-refractivity contribution in [2.24, 2.45) is 5.92 Å². The highest BCUT2D eigenvalue weighted by Gasteiger charge is 2.14. The number of hydrogen-bond acceptors (Lipinski definition) is 4. The lowest BCUT2D eigenvalue weighted by atomic mass is 10.0. The molecule has 0 saturated heterocycles. The number of ether oxygens (including phenoxy) is 1. The maximum absolute atomic E-state index is 12.1. The van der Waals surface area contributed by atoms with Gasteiger partial charge in [0.25, 0.3) is 0 Å². The van der Waals surface area contributed by atoms with Crippen LogP contribution in [-0.2, 0) is 11.2 Å². The van der Waals surface area contributed by atoms with Gasteiger partial charge < -0.3 is 9.14 Å². The van der Waals surface area contributed by atoms with Crippen molar-refractivity contribution in [3.63, 3.8) is 0 Å².